The van der Waals surface area contributed by atoms with Crippen LogP contribution in [0.5, 0.6) is 0 Å². The number of anilines is 2. The van der Waals surface area contributed by atoms with Gasteiger partial charge in [-0.2, -0.15) is 0 Å². The molecule has 3 N–H and O–H groups in total. The Morgan fingerprint density at radius 2 is 2.25 bits per heavy atom. The van der Waals surface area contributed by atoms with Gasteiger partial charge in [-0.25, -0.2) is 4.79 Å². The van der Waals surface area contributed by atoms with Gasteiger partial charge >= 0.3 is 5.97 Å². The molecule has 84 valence electrons. The molecule has 5 nitrogen and oxygen atoms in total. The quantitative estimate of drug-likeness (QED) is 0.696. The maximum Gasteiger partial charge on any atom is 0.326 e. The van der Waals surface area contributed by atoms with E-state index in [1.807, 2.05) is 6.07 Å². The van der Waals surface area contributed by atoms with Gasteiger partial charge in [0.25, 0.3) is 0 Å². The Morgan fingerprint density at radius 3 is 2.88 bits per heavy atom. The molecular formula is C11H12N2O3. The molecule has 0 bridgehead atoms. The Hall–Kier alpha value is -2.04. The third kappa shape index (κ3) is 1.98. The average molecular weight is 220 g/mol. The summed E-state index contributed by atoms with van der Waals surface area (Å²) in [5.41, 5.74) is 2.41. The van der Waals surface area contributed by atoms with Crippen molar-refractivity contribution in [1.82, 2.24) is 0 Å². The fourth-order valence-corrected chi connectivity index (χ4v) is 1.78. The standard InChI is InChI=1S/C11H12N2O3/c1-6(14)12-8-3-2-7-4-10(11(15)16)13-9(7)5-8/h2-3,5,10,13H,4H2,1H3,(H,12,14)(H,15,16). The topological polar surface area (TPSA) is 78.4 Å². The van der Waals surface area contributed by atoms with Gasteiger partial charge in [0.2, 0.25) is 5.91 Å². The molecule has 0 aliphatic carbocycles. The third-order valence-corrected chi connectivity index (χ3v) is 2.48. The van der Waals surface area contributed by atoms with Crippen LogP contribution < -0.4 is 10.6 Å². The first kappa shape index (κ1) is 10.5. The van der Waals surface area contributed by atoms with Crippen LogP contribution in [0.2, 0.25) is 0 Å². The lowest BCUT2D eigenvalue weighted by Crippen LogP contribution is -2.26. The van der Waals surface area contributed by atoms with Gasteiger partial charge in [0, 0.05) is 24.7 Å². The molecule has 0 saturated heterocycles. The van der Waals surface area contributed by atoms with Crippen molar-refractivity contribution in [3.8, 4) is 0 Å². The van der Waals surface area contributed by atoms with E-state index in [1.54, 1.807) is 12.1 Å². The molecule has 0 radical (unpaired) electrons. The van der Waals surface area contributed by atoms with Crippen LogP contribution in [0.1, 0.15) is 12.5 Å². The molecule has 1 heterocycles. The second-order valence-corrected chi connectivity index (χ2v) is 3.79. The molecule has 1 aliphatic heterocycles. The SMILES string of the molecule is CC(=O)Nc1ccc2c(c1)NC(C(=O)O)C2. The normalized spacial score (nSPS) is 17.4. The number of hydrogen-bond donors (Lipinski definition) is 3. The minimum atomic E-state index is -0.864. The van der Waals surface area contributed by atoms with Crippen LogP contribution in [0.3, 0.4) is 0 Å². The smallest absolute Gasteiger partial charge is 0.326 e. The van der Waals surface area contributed by atoms with Crippen LogP contribution in [0.4, 0.5) is 11.4 Å². The first-order valence-electron chi connectivity index (χ1n) is 4.96. The highest BCUT2D eigenvalue weighted by Gasteiger charge is 2.26. The van der Waals surface area contributed by atoms with Crippen molar-refractivity contribution in [1.29, 1.82) is 0 Å². The molecule has 0 fully saturated rings. The zero-order valence-electron chi connectivity index (χ0n) is 8.78. The van der Waals surface area contributed by atoms with Crippen LogP contribution >= 0.6 is 0 Å². The summed E-state index contributed by atoms with van der Waals surface area (Å²) in [6.07, 6.45) is 0.477. The van der Waals surface area contributed by atoms with E-state index in [9.17, 15) is 9.59 Å². The summed E-state index contributed by atoms with van der Waals surface area (Å²) >= 11 is 0. The van der Waals surface area contributed by atoms with E-state index in [4.69, 9.17) is 5.11 Å². The number of carboxylic acids is 1. The first-order chi connectivity index (χ1) is 7.56. The lowest BCUT2D eigenvalue weighted by Gasteiger charge is -2.06. The maximum absolute atomic E-state index is 10.9. The summed E-state index contributed by atoms with van der Waals surface area (Å²) in [6, 6.07) is 4.78. The molecule has 0 aromatic heterocycles. The van der Waals surface area contributed by atoms with Gasteiger partial charge in [0.15, 0.2) is 0 Å². The number of carbonyl (C=O) groups excluding carboxylic acids is 1. The lowest BCUT2D eigenvalue weighted by atomic mass is 10.1. The van der Waals surface area contributed by atoms with Crippen LogP contribution in [-0.4, -0.2) is 23.0 Å². The zero-order chi connectivity index (χ0) is 11.7. The number of amides is 1. The van der Waals surface area contributed by atoms with Gasteiger partial charge < -0.3 is 15.7 Å². The molecule has 1 amide bonds. The Labute approximate surface area is 92.5 Å². The van der Waals surface area contributed by atoms with Crippen molar-refractivity contribution in [3.63, 3.8) is 0 Å². The van der Waals surface area contributed by atoms with E-state index < -0.39 is 12.0 Å². The van der Waals surface area contributed by atoms with Gasteiger partial charge in [0.1, 0.15) is 6.04 Å². The molecule has 1 aromatic rings. The van der Waals surface area contributed by atoms with Crippen LogP contribution in [0.15, 0.2) is 18.2 Å². The fourth-order valence-electron chi connectivity index (χ4n) is 1.78. The van der Waals surface area contributed by atoms with E-state index in [-0.39, 0.29) is 5.91 Å². The summed E-state index contributed by atoms with van der Waals surface area (Å²) in [5, 5.41) is 14.4. The number of hydrogen-bond acceptors (Lipinski definition) is 3. The number of nitrogens with one attached hydrogen (secondary N) is 2. The van der Waals surface area contributed by atoms with E-state index in [0.717, 1.165) is 11.3 Å². The van der Waals surface area contributed by atoms with Gasteiger partial charge in [-0.05, 0) is 17.7 Å². The van der Waals surface area contributed by atoms with Crippen LogP contribution in [-0.2, 0) is 16.0 Å². The summed E-state index contributed by atoms with van der Waals surface area (Å²) < 4.78 is 0. The number of benzene rings is 1. The second-order valence-electron chi connectivity index (χ2n) is 3.79. The van der Waals surface area contributed by atoms with E-state index in [0.29, 0.717) is 12.1 Å². The van der Waals surface area contributed by atoms with Crippen molar-refractivity contribution in [2.24, 2.45) is 0 Å². The van der Waals surface area contributed by atoms with E-state index in [1.165, 1.54) is 6.92 Å². The van der Waals surface area contributed by atoms with Crippen molar-refractivity contribution in [3.05, 3.63) is 23.8 Å². The molecule has 2 rings (SSSR count). The number of carbonyl (C=O) groups is 2. The fraction of sp³-hybridized carbons (Fsp3) is 0.273. The average Bonchev–Trinajstić information content (AvgIpc) is 2.59. The predicted molar refractivity (Wildman–Crippen MR) is 59.5 cm³/mol. The van der Waals surface area contributed by atoms with Crippen LogP contribution in [0, 0.1) is 0 Å². The number of fused-ring (bicyclic) bond motifs is 1. The molecule has 1 atom stereocenters. The van der Waals surface area contributed by atoms with Crippen LogP contribution in [0.25, 0.3) is 0 Å². The van der Waals surface area contributed by atoms with Gasteiger partial charge in [-0.3, -0.25) is 4.79 Å². The molecule has 0 saturated carbocycles. The molecule has 1 unspecified atom stereocenters. The van der Waals surface area contributed by atoms with Crippen molar-refractivity contribution < 1.29 is 14.7 Å². The second kappa shape index (κ2) is 3.84. The minimum Gasteiger partial charge on any atom is -0.480 e. The largest absolute Gasteiger partial charge is 0.480 e. The Bertz CT molecular complexity index is 457. The Kier molecular flexibility index (Phi) is 2.52. The Morgan fingerprint density at radius 1 is 1.50 bits per heavy atom. The van der Waals surface area contributed by atoms with Crippen molar-refractivity contribution in [2.75, 3.05) is 10.6 Å². The summed E-state index contributed by atoms with van der Waals surface area (Å²) in [5.74, 6) is -1.01. The highest BCUT2D eigenvalue weighted by atomic mass is 16.4. The lowest BCUT2D eigenvalue weighted by molar-refractivity contribution is -0.137. The summed E-state index contributed by atoms with van der Waals surface area (Å²) in [4.78, 5) is 21.7. The monoisotopic (exact) mass is 220 g/mol. The van der Waals surface area contributed by atoms with Gasteiger partial charge in [-0.1, -0.05) is 6.07 Å². The molecule has 1 aromatic carbocycles. The summed E-state index contributed by atoms with van der Waals surface area (Å²) in [7, 11) is 0. The van der Waals surface area contributed by atoms with Gasteiger partial charge in [-0.15, -0.1) is 0 Å². The Balaban J connectivity index is 2.20. The molecule has 16 heavy (non-hydrogen) atoms. The number of carboxylic acid groups (broad SMARTS) is 1. The highest BCUT2D eigenvalue weighted by molar-refractivity contribution is 5.90. The van der Waals surface area contributed by atoms with Crippen molar-refractivity contribution >= 4 is 23.3 Å². The van der Waals surface area contributed by atoms with Gasteiger partial charge in [0.05, 0.1) is 0 Å². The third-order valence-electron chi connectivity index (χ3n) is 2.48. The number of rotatable bonds is 2. The molecule has 5 heteroatoms. The molecule has 1 aliphatic rings. The highest BCUT2D eigenvalue weighted by Crippen LogP contribution is 2.28. The van der Waals surface area contributed by atoms with Crippen molar-refractivity contribution in [2.45, 2.75) is 19.4 Å². The summed E-state index contributed by atoms with van der Waals surface area (Å²) in [6.45, 7) is 1.43. The molecular weight excluding hydrogens is 208 g/mol. The maximum atomic E-state index is 10.9. The number of aliphatic carboxylic acids is 1. The molecule has 0 spiro atoms. The van der Waals surface area contributed by atoms with E-state index >= 15 is 0 Å². The van der Waals surface area contributed by atoms with E-state index in [2.05, 4.69) is 10.6 Å². The minimum absolute atomic E-state index is 0.146. The predicted octanol–water partition coefficient (Wildman–Crippen LogP) is 1.07. The first-order valence-corrected chi connectivity index (χ1v) is 4.96. The zero-order valence-corrected chi connectivity index (χ0v) is 8.78.